The van der Waals surface area contributed by atoms with Crippen LogP contribution in [0.3, 0.4) is 0 Å². The minimum Gasteiger partial charge on any atom is -0.508 e. The van der Waals surface area contributed by atoms with E-state index in [4.69, 9.17) is 0 Å². The van der Waals surface area contributed by atoms with Crippen LogP contribution in [-0.2, 0) is 4.79 Å². The molecule has 3 N–H and O–H groups in total. The molecule has 1 saturated heterocycles. The Bertz CT molecular complexity index is 530. The summed E-state index contributed by atoms with van der Waals surface area (Å²) in [7, 11) is 0. The van der Waals surface area contributed by atoms with Crippen LogP contribution in [0.25, 0.3) is 0 Å². The Morgan fingerprint density at radius 3 is 2.80 bits per heavy atom. The molecule has 0 radical (unpaired) electrons. The van der Waals surface area contributed by atoms with Crippen molar-refractivity contribution in [2.75, 3.05) is 19.6 Å². The maximum absolute atomic E-state index is 12.1. The van der Waals surface area contributed by atoms with E-state index in [1.165, 1.54) is 19.1 Å². The summed E-state index contributed by atoms with van der Waals surface area (Å²) in [6.07, 6.45) is 0.814. The number of carbonyl (C=O) groups excluding carboxylic acids is 2. The van der Waals surface area contributed by atoms with E-state index in [-0.39, 0.29) is 41.3 Å². The Hall–Kier alpha value is -2.08. The molecule has 0 spiro atoms. The van der Waals surface area contributed by atoms with Crippen molar-refractivity contribution in [3.05, 3.63) is 23.8 Å². The molecule has 0 aliphatic carbocycles. The van der Waals surface area contributed by atoms with Crippen molar-refractivity contribution in [1.82, 2.24) is 10.2 Å². The number of nitrogens with one attached hydrogen (secondary N) is 1. The van der Waals surface area contributed by atoms with E-state index in [0.717, 1.165) is 19.0 Å². The van der Waals surface area contributed by atoms with Gasteiger partial charge in [0.05, 0.1) is 12.1 Å². The number of rotatable bonds is 4. The summed E-state index contributed by atoms with van der Waals surface area (Å²) >= 11 is 0. The van der Waals surface area contributed by atoms with Gasteiger partial charge in [0.15, 0.2) is 5.78 Å². The number of nitrogens with zero attached hydrogens (tertiary/aromatic N) is 1. The van der Waals surface area contributed by atoms with Crippen molar-refractivity contribution in [3.8, 4) is 11.5 Å². The van der Waals surface area contributed by atoms with Gasteiger partial charge in [-0.15, -0.1) is 0 Å². The second kappa shape index (κ2) is 5.92. The zero-order valence-corrected chi connectivity index (χ0v) is 11.3. The van der Waals surface area contributed by atoms with E-state index in [0.29, 0.717) is 6.54 Å². The fraction of sp³-hybridized carbons (Fsp3) is 0.429. The Balaban J connectivity index is 1.94. The molecule has 0 aromatic heterocycles. The number of benzene rings is 1. The van der Waals surface area contributed by atoms with Crippen LogP contribution < -0.4 is 5.32 Å². The minimum atomic E-state index is -0.215. The smallest absolute Gasteiger partial charge is 0.217 e. The predicted molar refractivity (Wildman–Crippen MR) is 72.8 cm³/mol. The fourth-order valence-corrected chi connectivity index (χ4v) is 2.43. The molecular weight excluding hydrogens is 260 g/mol. The summed E-state index contributed by atoms with van der Waals surface area (Å²) in [5, 5.41) is 21.7. The first-order valence-electron chi connectivity index (χ1n) is 6.50. The highest BCUT2D eigenvalue weighted by Gasteiger charge is 2.25. The Labute approximate surface area is 117 Å². The Morgan fingerprint density at radius 2 is 2.15 bits per heavy atom. The fourth-order valence-electron chi connectivity index (χ4n) is 2.43. The van der Waals surface area contributed by atoms with Crippen LogP contribution >= 0.6 is 0 Å². The first-order chi connectivity index (χ1) is 9.45. The molecule has 1 unspecified atom stereocenters. The number of hydrogen-bond donors (Lipinski definition) is 3. The van der Waals surface area contributed by atoms with Crippen molar-refractivity contribution in [2.24, 2.45) is 0 Å². The molecule has 1 atom stereocenters. The molecule has 1 heterocycles. The van der Waals surface area contributed by atoms with Crippen LogP contribution in [0.2, 0.25) is 0 Å². The Kier molecular flexibility index (Phi) is 4.24. The van der Waals surface area contributed by atoms with Crippen molar-refractivity contribution in [3.63, 3.8) is 0 Å². The molecule has 6 heteroatoms. The van der Waals surface area contributed by atoms with Gasteiger partial charge < -0.3 is 15.5 Å². The van der Waals surface area contributed by atoms with Gasteiger partial charge in [0.2, 0.25) is 5.91 Å². The van der Waals surface area contributed by atoms with Gasteiger partial charge in [-0.1, -0.05) is 0 Å². The van der Waals surface area contributed by atoms with Crippen LogP contribution in [-0.4, -0.2) is 52.5 Å². The molecule has 1 aromatic carbocycles. The highest BCUT2D eigenvalue weighted by atomic mass is 16.3. The van der Waals surface area contributed by atoms with Gasteiger partial charge >= 0.3 is 0 Å². The summed E-state index contributed by atoms with van der Waals surface area (Å²) in [5.74, 6) is -0.566. The highest BCUT2D eigenvalue weighted by molar-refractivity contribution is 6.00. The van der Waals surface area contributed by atoms with Crippen LogP contribution in [0.15, 0.2) is 18.2 Å². The van der Waals surface area contributed by atoms with E-state index >= 15 is 0 Å². The summed E-state index contributed by atoms with van der Waals surface area (Å²) in [6, 6.07) is 4.01. The van der Waals surface area contributed by atoms with Gasteiger partial charge in [-0.05, 0) is 18.6 Å². The lowest BCUT2D eigenvalue weighted by atomic mass is 10.1. The number of amides is 1. The van der Waals surface area contributed by atoms with Gasteiger partial charge in [0.1, 0.15) is 11.5 Å². The van der Waals surface area contributed by atoms with Crippen molar-refractivity contribution in [2.45, 2.75) is 19.4 Å². The second-order valence-corrected chi connectivity index (χ2v) is 5.05. The molecule has 1 amide bonds. The number of phenols is 2. The molecule has 6 nitrogen and oxygen atoms in total. The van der Waals surface area contributed by atoms with Gasteiger partial charge in [-0.3, -0.25) is 14.5 Å². The highest BCUT2D eigenvalue weighted by Crippen LogP contribution is 2.23. The lowest BCUT2D eigenvalue weighted by Gasteiger charge is -2.15. The molecule has 0 bridgehead atoms. The quantitative estimate of drug-likeness (QED) is 0.697. The molecule has 108 valence electrons. The number of phenolic OH excluding ortho intramolecular Hbond substituents is 2. The molecule has 1 aliphatic heterocycles. The second-order valence-electron chi connectivity index (χ2n) is 5.05. The minimum absolute atomic E-state index is 0.0700. The maximum Gasteiger partial charge on any atom is 0.217 e. The molecule has 1 aromatic rings. The average molecular weight is 278 g/mol. The monoisotopic (exact) mass is 278 g/mol. The topological polar surface area (TPSA) is 89.9 Å². The first-order valence-corrected chi connectivity index (χ1v) is 6.50. The zero-order chi connectivity index (χ0) is 14.7. The normalized spacial score (nSPS) is 18.9. The first kappa shape index (κ1) is 14.3. The van der Waals surface area contributed by atoms with Gasteiger partial charge in [-0.2, -0.15) is 0 Å². The van der Waals surface area contributed by atoms with E-state index in [2.05, 4.69) is 5.32 Å². The third-order valence-electron chi connectivity index (χ3n) is 3.33. The largest absolute Gasteiger partial charge is 0.508 e. The third kappa shape index (κ3) is 3.48. The van der Waals surface area contributed by atoms with Crippen LogP contribution in [0.5, 0.6) is 11.5 Å². The summed E-state index contributed by atoms with van der Waals surface area (Å²) in [4.78, 5) is 25.0. The van der Waals surface area contributed by atoms with Gasteiger partial charge in [0.25, 0.3) is 0 Å². The number of likely N-dealkylation sites (tertiary alicyclic amines) is 1. The molecule has 1 fully saturated rings. The summed E-state index contributed by atoms with van der Waals surface area (Å²) < 4.78 is 0. The lowest BCUT2D eigenvalue weighted by molar-refractivity contribution is -0.119. The summed E-state index contributed by atoms with van der Waals surface area (Å²) in [6.45, 7) is 3.02. The van der Waals surface area contributed by atoms with Crippen LogP contribution in [0.1, 0.15) is 23.7 Å². The zero-order valence-electron chi connectivity index (χ0n) is 11.3. The summed E-state index contributed by atoms with van der Waals surface area (Å²) in [5.41, 5.74) is 0.200. The van der Waals surface area contributed by atoms with Gasteiger partial charge in [0, 0.05) is 32.1 Å². The molecule has 20 heavy (non-hydrogen) atoms. The number of hydrogen-bond acceptors (Lipinski definition) is 5. The van der Waals surface area contributed by atoms with E-state index in [1.54, 1.807) is 0 Å². The van der Waals surface area contributed by atoms with Crippen LogP contribution in [0.4, 0.5) is 0 Å². The van der Waals surface area contributed by atoms with E-state index in [9.17, 15) is 19.8 Å². The Morgan fingerprint density at radius 1 is 1.40 bits per heavy atom. The SMILES string of the molecule is CC(=O)NC1CCN(CC(=O)c2ccc(O)cc2O)C1. The van der Waals surface area contributed by atoms with E-state index < -0.39 is 0 Å². The molecule has 0 saturated carbocycles. The standard InChI is InChI=1S/C14H18N2O4/c1-9(17)15-10-4-5-16(7-10)8-14(20)12-3-2-11(18)6-13(12)19/h2-3,6,10,18-19H,4-5,7-8H2,1H3,(H,15,17). The number of carbonyl (C=O) groups is 2. The molecule has 1 aliphatic rings. The average Bonchev–Trinajstić information content (AvgIpc) is 2.75. The van der Waals surface area contributed by atoms with E-state index in [1.807, 2.05) is 4.90 Å². The number of ketones is 1. The van der Waals surface area contributed by atoms with Crippen molar-refractivity contribution < 1.29 is 19.8 Å². The maximum atomic E-state index is 12.1. The molecular formula is C14H18N2O4. The lowest BCUT2D eigenvalue weighted by Crippen LogP contribution is -2.36. The van der Waals surface area contributed by atoms with Crippen LogP contribution in [0, 0.1) is 0 Å². The van der Waals surface area contributed by atoms with Crippen molar-refractivity contribution >= 4 is 11.7 Å². The molecule has 2 rings (SSSR count). The number of aromatic hydroxyl groups is 2. The van der Waals surface area contributed by atoms with Crippen molar-refractivity contribution in [1.29, 1.82) is 0 Å². The third-order valence-corrected chi connectivity index (χ3v) is 3.33. The number of Topliss-reactive ketones (excluding diaryl/α,β-unsaturated/α-hetero) is 1. The predicted octanol–water partition coefficient (Wildman–Crippen LogP) is 0.491. The van der Waals surface area contributed by atoms with Gasteiger partial charge in [-0.25, -0.2) is 0 Å².